The van der Waals surface area contributed by atoms with Crippen LogP contribution in [0.4, 0.5) is 8.78 Å². The van der Waals surface area contributed by atoms with Crippen LogP contribution < -0.4 is 0 Å². The van der Waals surface area contributed by atoms with Crippen molar-refractivity contribution >= 4 is 21.5 Å². The van der Waals surface area contributed by atoms with Crippen LogP contribution in [0.25, 0.3) is 43.8 Å². The van der Waals surface area contributed by atoms with E-state index in [-0.39, 0.29) is 45.3 Å². The van der Waals surface area contributed by atoms with Gasteiger partial charge in [-0.1, -0.05) is 12.1 Å². The Morgan fingerprint density at radius 3 is 1.28 bits per heavy atom. The summed E-state index contributed by atoms with van der Waals surface area (Å²) in [5.41, 5.74) is 0.206. The molecule has 0 aliphatic rings. The highest BCUT2D eigenvalue weighted by Crippen LogP contribution is 2.41. The monoisotopic (exact) mass is 430 g/mol. The highest BCUT2D eigenvalue weighted by atomic mass is 19.1. The molecule has 5 aromatic rings. The molecule has 4 N–H and O–H groups in total. The van der Waals surface area contributed by atoms with Crippen molar-refractivity contribution in [2.24, 2.45) is 0 Å². The minimum atomic E-state index is -0.870. The second-order valence-corrected chi connectivity index (χ2v) is 7.61. The summed E-state index contributed by atoms with van der Waals surface area (Å²) >= 11 is 0. The first-order valence-corrected chi connectivity index (χ1v) is 9.71. The average molecular weight is 430 g/mol. The van der Waals surface area contributed by atoms with Crippen LogP contribution in [0.3, 0.4) is 0 Å². The maximum absolute atomic E-state index is 14.8. The molecule has 5 rings (SSSR count). The Balaban J connectivity index is 1.73. The standard InChI is InChI=1S/C26H16F2O4/c27-23-12-24(28)20(22-8-14-2-4-18(30)6-16(14)10-26(22)32)11-19(23)21-7-13-1-3-17(29)5-15(13)9-25(21)31/h1-12,29-32H. The number of hydrogen-bond donors (Lipinski definition) is 4. The highest BCUT2D eigenvalue weighted by molar-refractivity contribution is 5.94. The van der Waals surface area contributed by atoms with Gasteiger partial charge in [-0.15, -0.1) is 0 Å². The Labute approximate surface area is 180 Å². The smallest absolute Gasteiger partial charge is 0.134 e. The van der Waals surface area contributed by atoms with Gasteiger partial charge in [-0.3, -0.25) is 0 Å². The zero-order chi connectivity index (χ0) is 22.6. The average Bonchev–Trinajstić information content (AvgIpc) is 2.73. The van der Waals surface area contributed by atoms with Crippen molar-refractivity contribution in [1.29, 1.82) is 0 Å². The lowest BCUT2D eigenvalue weighted by molar-refractivity contribution is 0.474. The van der Waals surface area contributed by atoms with E-state index < -0.39 is 11.6 Å². The van der Waals surface area contributed by atoms with Crippen LogP contribution in [0.5, 0.6) is 23.0 Å². The van der Waals surface area contributed by atoms with Gasteiger partial charge in [0.25, 0.3) is 0 Å². The topological polar surface area (TPSA) is 80.9 Å². The van der Waals surface area contributed by atoms with Crippen LogP contribution in [0, 0.1) is 11.6 Å². The summed E-state index contributed by atoms with van der Waals surface area (Å²) in [5.74, 6) is -2.16. The molecule has 6 heteroatoms. The third-order valence-corrected chi connectivity index (χ3v) is 5.51. The summed E-state index contributed by atoms with van der Waals surface area (Å²) < 4.78 is 29.6. The molecule has 5 aromatic carbocycles. The molecule has 0 saturated heterocycles. The molecular weight excluding hydrogens is 414 g/mol. The number of phenolic OH excluding ortho intramolecular Hbond substituents is 4. The molecule has 0 spiro atoms. The van der Waals surface area contributed by atoms with Crippen LogP contribution in [0.15, 0.2) is 72.8 Å². The van der Waals surface area contributed by atoms with E-state index in [2.05, 4.69) is 0 Å². The number of rotatable bonds is 2. The molecule has 0 unspecified atom stereocenters. The molecule has 0 aromatic heterocycles. The summed E-state index contributed by atoms with van der Waals surface area (Å²) in [6.45, 7) is 0. The van der Waals surface area contributed by atoms with Gasteiger partial charge in [0.1, 0.15) is 34.6 Å². The van der Waals surface area contributed by atoms with Crippen LogP contribution in [0.1, 0.15) is 0 Å². The normalized spacial score (nSPS) is 11.3. The third kappa shape index (κ3) is 3.22. The van der Waals surface area contributed by atoms with Crippen LogP contribution in [0.2, 0.25) is 0 Å². The lowest BCUT2D eigenvalue weighted by atomic mass is 9.94. The van der Waals surface area contributed by atoms with E-state index in [0.717, 1.165) is 0 Å². The first-order chi connectivity index (χ1) is 15.3. The maximum Gasteiger partial charge on any atom is 0.134 e. The lowest BCUT2D eigenvalue weighted by Crippen LogP contribution is -1.93. The fourth-order valence-electron chi connectivity index (χ4n) is 3.94. The lowest BCUT2D eigenvalue weighted by Gasteiger charge is -2.13. The minimum absolute atomic E-state index is 0.0278. The second-order valence-electron chi connectivity index (χ2n) is 7.61. The maximum atomic E-state index is 14.8. The van der Waals surface area contributed by atoms with E-state index in [1.807, 2.05) is 0 Å². The van der Waals surface area contributed by atoms with Gasteiger partial charge in [0.15, 0.2) is 0 Å². The predicted octanol–water partition coefficient (Wildman–Crippen LogP) is 6.43. The highest BCUT2D eigenvalue weighted by Gasteiger charge is 2.19. The number of benzene rings is 5. The van der Waals surface area contributed by atoms with Crippen molar-refractivity contribution in [2.75, 3.05) is 0 Å². The number of halogens is 2. The van der Waals surface area contributed by atoms with E-state index >= 15 is 0 Å². The van der Waals surface area contributed by atoms with E-state index in [1.165, 1.54) is 42.5 Å². The number of hydrogen-bond acceptors (Lipinski definition) is 4. The SMILES string of the molecule is Oc1ccc2cc(-c3cc(-c4cc5ccc(O)cc5cc4O)c(F)cc3F)c(O)cc2c1. The van der Waals surface area contributed by atoms with Gasteiger partial charge in [0, 0.05) is 28.3 Å². The van der Waals surface area contributed by atoms with Crippen molar-refractivity contribution in [3.8, 4) is 45.3 Å². The van der Waals surface area contributed by atoms with Crippen molar-refractivity contribution in [1.82, 2.24) is 0 Å². The van der Waals surface area contributed by atoms with Gasteiger partial charge in [-0.25, -0.2) is 8.78 Å². The second kappa shape index (κ2) is 7.13. The molecule has 0 saturated carbocycles. The summed E-state index contributed by atoms with van der Waals surface area (Å²) in [7, 11) is 0. The Kier molecular flexibility index (Phi) is 4.37. The Morgan fingerprint density at radius 2 is 0.844 bits per heavy atom. The van der Waals surface area contributed by atoms with Crippen LogP contribution in [-0.2, 0) is 0 Å². The number of phenols is 4. The zero-order valence-corrected chi connectivity index (χ0v) is 16.5. The number of aromatic hydroxyl groups is 4. The summed E-state index contributed by atoms with van der Waals surface area (Å²) in [6, 6.07) is 17.0. The third-order valence-electron chi connectivity index (χ3n) is 5.51. The van der Waals surface area contributed by atoms with Crippen LogP contribution >= 0.6 is 0 Å². The van der Waals surface area contributed by atoms with E-state index in [9.17, 15) is 29.2 Å². The Hall–Kier alpha value is -4.32. The molecular formula is C26H16F2O4. The first-order valence-electron chi connectivity index (χ1n) is 9.71. The first kappa shape index (κ1) is 19.6. The molecule has 0 amide bonds. The molecule has 0 radical (unpaired) electrons. The van der Waals surface area contributed by atoms with Crippen molar-refractivity contribution < 1.29 is 29.2 Å². The van der Waals surface area contributed by atoms with Crippen LogP contribution in [-0.4, -0.2) is 20.4 Å². The Bertz CT molecular complexity index is 1430. The van der Waals surface area contributed by atoms with Gasteiger partial charge in [0.05, 0.1) is 0 Å². The largest absolute Gasteiger partial charge is 0.508 e. The fraction of sp³-hybridized carbons (Fsp3) is 0. The quantitative estimate of drug-likeness (QED) is 0.260. The molecule has 32 heavy (non-hydrogen) atoms. The van der Waals surface area contributed by atoms with Crippen molar-refractivity contribution in [3.63, 3.8) is 0 Å². The van der Waals surface area contributed by atoms with Gasteiger partial charge in [-0.2, -0.15) is 0 Å². The van der Waals surface area contributed by atoms with Gasteiger partial charge >= 0.3 is 0 Å². The summed E-state index contributed by atoms with van der Waals surface area (Å²) in [5, 5.41) is 42.7. The van der Waals surface area contributed by atoms with Gasteiger partial charge in [0.2, 0.25) is 0 Å². The molecule has 0 bridgehead atoms. The minimum Gasteiger partial charge on any atom is -0.508 e. The van der Waals surface area contributed by atoms with Crippen molar-refractivity contribution in [3.05, 3.63) is 84.4 Å². The molecule has 0 heterocycles. The molecule has 0 aliphatic heterocycles. The zero-order valence-electron chi connectivity index (χ0n) is 16.5. The van der Waals surface area contributed by atoms with E-state index in [4.69, 9.17) is 0 Å². The van der Waals surface area contributed by atoms with E-state index in [0.29, 0.717) is 27.6 Å². The van der Waals surface area contributed by atoms with Gasteiger partial charge < -0.3 is 20.4 Å². The number of fused-ring (bicyclic) bond motifs is 2. The van der Waals surface area contributed by atoms with E-state index in [1.54, 1.807) is 24.3 Å². The fourth-order valence-corrected chi connectivity index (χ4v) is 3.94. The summed E-state index contributed by atoms with van der Waals surface area (Å²) in [6.07, 6.45) is 0. The van der Waals surface area contributed by atoms with Crippen molar-refractivity contribution in [2.45, 2.75) is 0 Å². The summed E-state index contributed by atoms with van der Waals surface area (Å²) in [4.78, 5) is 0. The molecule has 0 aliphatic carbocycles. The molecule has 0 fully saturated rings. The molecule has 158 valence electrons. The molecule has 4 nitrogen and oxygen atoms in total. The van der Waals surface area contributed by atoms with Gasteiger partial charge in [-0.05, 0) is 76.1 Å². The predicted molar refractivity (Wildman–Crippen MR) is 119 cm³/mol. The Morgan fingerprint density at radius 1 is 0.406 bits per heavy atom. The molecule has 0 atom stereocenters.